The van der Waals surface area contributed by atoms with Gasteiger partial charge in [0.15, 0.2) is 11.5 Å². The predicted molar refractivity (Wildman–Crippen MR) is 116 cm³/mol. The van der Waals surface area contributed by atoms with Crippen molar-refractivity contribution in [3.05, 3.63) is 59.9 Å². The highest BCUT2D eigenvalue weighted by molar-refractivity contribution is 5.43. The number of rotatable bonds is 12. The Labute approximate surface area is 182 Å². The third kappa shape index (κ3) is 6.62. The molecular weight excluding hydrogens is 398 g/mol. The lowest BCUT2D eigenvalue weighted by atomic mass is 10.1. The van der Waals surface area contributed by atoms with Gasteiger partial charge in [0.05, 0.1) is 27.0 Å². The molecule has 0 aliphatic heterocycles. The highest BCUT2D eigenvalue weighted by Gasteiger charge is 2.12. The first-order valence-corrected chi connectivity index (χ1v) is 10.2. The molecule has 8 nitrogen and oxygen atoms in total. The van der Waals surface area contributed by atoms with E-state index in [1.807, 2.05) is 42.5 Å². The van der Waals surface area contributed by atoms with Crippen molar-refractivity contribution in [2.75, 3.05) is 20.8 Å². The predicted octanol–water partition coefficient (Wildman–Crippen LogP) is 3.27. The minimum Gasteiger partial charge on any atom is -0.497 e. The molecule has 166 valence electrons. The molecule has 0 spiro atoms. The van der Waals surface area contributed by atoms with Gasteiger partial charge < -0.3 is 24.1 Å². The second kappa shape index (κ2) is 11.2. The summed E-state index contributed by atoms with van der Waals surface area (Å²) in [5, 5.41) is 18.5. The van der Waals surface area contributed by atoms with Gasteiger partial charge in [-0.05, 0) is 48.4 Å². The molecule has 0 bridgehead atoms. The lowest BCUT2D eigenvalue weighted by Crippen LogP contribution is -2.24. The summed E-state index contributed by atoms with van der Waals surface area (Å²) in [6, 6.07) is 13.2. The van der Waals surface area contributed by atoms with Crippen molar-refractivity contribution in [1.29, 1.82) is 0 Å². The largest absolute Gasteiger partial charge is 0.497 e. The number of hydrogen-bond donors (Lipinski definition) is 1. The molecule has 0 saturated heterocycles. The van der Waals surface area contributed by atoms with Crippen LogP contribution in [0.2, 0.25) is 0 Å². The molecule has 0 saturated carbocycles. The highest BCUT2D eigenvalue weighted by Crippen LogP contribution is 2.28. The molecule has 0 aliphatic rings. The van der Waals surface area contributed by atoms with E-state index in [0.717, 1.165) is 18.6 Å². The van der Waals surface area contributed by atoms with Gasteiger partial charge in [0.1, 0.15) is 36.5 Å². The van der Waals surface area contributed by atoms with Crippen molar-refractivity contribution in [1.82, 2.24) is 15.0 Å². The fourth-order valence-corrected chi connectivity index (χ4v) is 3.05. The van der Waals surface area contributed by atoms with Crippen LogP contribution in [0.25, 0.3) is 0 Å². The van der Waals surface area contributed by atoms with Crippen molar-refractivity contribution in [2.45, 2.75) is 39.0 Å². The molecule has 1 heterocycles. The molecule has 8 heteroatoms. The topological polar surface area (TPSA) is 87.9 Å². The zero-order valence-corrected chi connectivity index (χ0v) is 18.2. The summed E-state index contributed by atoms with van der Waals surface area (Å²) in [7, 11) is 3.23. The van der Waals surface area contributed by atoms with Crippen molar-refractivity contribution >= 4 is 0 Å². The highest BCUT2D eigenvalue weighted by atomic mass is 16.5. The average molecular weight is 428 g/mol. The molecular formula is C23H29N3O5. The van der Waals surface area contributed by atoms with Crippen LogP contribution in [0.4, 0.5) is 0 Å². The smallest absolute Gasteiger partial charge is 0.161 e. The lowest BCUT2D eigenvalue weighted by Gasteiger charge is -2.15. The number of ether oxygens (including phenoxy) is 4. The normalized spacial score (nSPS) is 11.7. The first-order valence-electron chi connectivity index (χ1n) is 10.2. The average Bonchev–Trinajstić information content (AvgIpc) is 3.24. The first-order chi connectivity index (χ1) is 15.1. The standard InChI is InChI=1S/C23H29N3O5/c1-4-5-17-6-11-22(23(12-17)29-3)31-16-19(27)14-26-13-18(24-25-26)15-30-21-9-7-20(28-2)8-10-21/h6-13,19,27H,4-5,14-16H2,1-3H3. The summed E-state index contributed by atoms with van der Waals surface area (Å²) in [5.41, 5.74) is 1.86. The van der Waals surface area contributed by atoms with Gasteiger partial charge in [0.25, 0.3) is 0 Å². The van der Waals surface area contributed by atoms with E-state index in [0.29, 0.717) is 22.9 Å². The van der Waals surface area contributed by atoms with Gasteiger partial charge >= 0.3 is 0 Å². The molecule has 0 amide bonds. The molecule has 1 N–H and O–H groups in total. The second-order valence-corrected chi connectivity index (χ2v) is 7.10. The second-order valence-electron chi connectivity index (χ2n) is 7.10. The Bertz CT molecular complexity index is 943. The molecule has 1 unspecified atom stereocenters. The molecule has 3 aromatic rings. The maximum Gasteiger partial charge on any atom is 0.161 e. The van der Waals surface area contributed by atoms with Crippen LogP contribution in [0.15, 0.2) is 48.7 Å². The molecule has 1 atom stereocenters. The van der Waals surface area contributed by atoms with Gasteiger partial charge in [-0.1, -0.05) is 24.6 Å². The summed E-state index contributed by atoms with van der Waals surface area (Å²) in [5.74, 6) is 2.75. The Kier molecular flexibility index (Phi) is 8.12. The van der Waals surface area contributed by atoms with E-state index < -0.39 is 6.10 Å². The Morgan fingerprint density at radius 1 is 0.968 bits per heavy atom. The van der Waals surface area contributed by atoms with Crippen molar-refractivity contribution in [3.63, 3.8) is 0 Å². The molecule has 2 aromatic carbocycles. The van der Waals surface area contributed by atoms with Gasteiger partial charge in [-0.3, -0.25) is 0 Å². The quantitative estimate of drug-likeness (QED) is 0.475. The summed E-state index contributed by atoms with van der Waals surface area (Å²) in [4.78, 5) is 0. The number of nitrogens with zero attached hydrogens (tertiary/aromatic N) is 3. The van der Waals surface area contributed by atoms with E-state index in [9.17, 15) is 5.11 Å². The number of benzene rings is 2. The maximum atomic E-state index is 10.3. The summed E-state index contributed by atoms with van der Waals surface area (Å²) in [6.07, 6.45) is 3.04. The van der Waals surface area contributed by atoms with Crippen LogP contribution in [-0.4, -0.2) is 47.0 Å². The molecule has 1 aromatic heterocycles. The van der Waals surface area contributed by atoms with Gasteiger partial charge in [-0.15, -0.1) is 5.10 Å². The van der Waals surface area contributed by atoms with Crippen LogP contribution >= 0.6 is 0 Å². The number of aromatic nitrogens is 3. The van der Waals surface area contributed by atoms with Crippen LogP contribution in [0.5, 0.6) is 23.0 Å². The minimum absolute atomic E-state index is 0.112. The lowest BCUT2D eigenvalue weighted by molar-refractivity contribution is 0.0874. The third-order valence-corrected chi connectivity index (χ3v) is 4.63. The van der Waals surface area contributed by atoms with Crippen molar-refractivity contribution < 1.29 is 24.1 Å². The number of aryl methyl sites for hydroxylation is 1. The molecule has 0 fully saturated rings. The molecule has 0 aliphatic carbocycles. The van der Waals surface area contributed by atoms with Gasteiger partial charge in [0, 0.05) is 0 Å². The van der Waals surface area contributed by atoms with Gasteiger partial charge in [-0.25, -0.2) is 4.68 Å². The van der Waals surface area contributed by atoms with Crippen LogP contribution in [0.3, 0.4) is 0 Å². The van der Waals surface area contributed by atoms with E-state index in [2.05, 4.69) is 17.2 Å². The maximum absolute atomic E-state index is 10.3. The number of methoxy groups -OCH3 is 2. The minimum atomic E-state index is -0.753. The summed E-state index contributed by atoms with van der Waals surface area (Å²) in [6.45, 7) is 2.78. The monoisotopic (exact) mass is 427 g/mol. The van der Waals surface area contributed by atoms with Crippen molar-refractivity contribution in [2.24, 2.45) is 0 Å². The number of aliphatic hydroxyl groups excluding tert-OH is 1. The fourth-order valence-electron chi connectivity index (χ4n) is 3.05. The zero-order chi connectivity index (χ0) is 22.1. The van der Waals surface area contributed by atoms with Crippen LogP contribution in [0.1, 0.15) is 24.6 Å². The van der Waals surface area contributed by atoms with Crippen molar-refractivity contribution in [3.8, 4) is 23.0 Å². The summed E-state index contributed by atoms with van der Waals surface area (Å²) >= 11 is 0. The van der Waals surface area contributed by atoms with E-state index in [1.54, 1.807) is 25.1 Å². The Morgan fingerprint density at radius 3 is 2.45 bits per heavy atom. The SMILES string of the molecule is CCCc1ccc(OCC(O)Cn2cc(COc3ccc(OC)cc3)nn2)c(OC)c1. The number of hydrogen-bond acceptors (Lipinski definition) is 7. The van der Waals surface area contributed by atoms with E-state index in [1.165, 1.54) is 5.56 Å². The van der Waals surface area contributed by atoms with Crippen LogP contribution < -0.4 is 18.9 Å². The van der Waals surface area contributed by atoms with E-state index >= 15 is 0 Å². The van der Waals surface area contributed by atoms with Gasteiger partial charge in [-0.2, -0.15) is 0 Å². The van der Waals surface area contributed by atoms with Crippen LogP contribution in [-0.2, 0) is 19.6 Å². The summed E-state index contributed by atoms with van der Waals surface area (Å²) < 4.78 is 23.6. The first kappa shape index (κ1) is 22.4. The fraction of sp³-hybridized carbons (Fsp3) is 0.391. The Morgan fingerprint density at radius 2 is 1.74 bits per heavy atom. The Hall–Kier alpha value is -3.26. The van der Waals surface area contributed by atoms with E-state index in [-0.39, 0.29) is 19.8 Å². The van der Waals surface area contributed by atoms with E-state index in [4.69, 9.17) is 18.9 Å². The Balaban J connectivity index is 1.47. The van der Waals surface area contributed by atoms with Gasteiger partial charge in [0.2, 0.25) is 0 Å². The zero-order valence-electron chi connectivity index (χ0n) is 18.2. The van der Waals surface area contributed by atoms with Crippen LogP contribution in [0, 0.1) is 0 Å². The third-order valence-electron chi connectivity index (χ3n) is 4.63. The molecule has 0 radical (unpaired) electrons. The number of aliphatic hydroxyl groups is 1. The molecule has 31 heavy (non-hydrogen) atoms. The molecule has 3 rings (SSSR count).